The van der Waals surface area contributed by atoms with Crippen LogP contribution >= 0.6 is 15.9 Å². The number of nitrogens with zero attached hydrogens (tertiary/aromatic N) is 1. The maximum atomic E-state index is 12.7. The molecule has 0 saturated carbocycles. The van der Waals surface area contributed by atoms with Crippen LogP contribution in [0.2, 0.25) is 0 Å². The second kappa shape index (κ2) is 8.37. The van der Waals surface area contributed by atoms with E-state index < -0.39 is 35.8 Å². The largest absolute Gasteiger partial charge is 0.444 e. The molecule has 0 aliphatic carbocycles. The molecule has 0 aromatic heterocycles. The lowest BCUT2D eigenvalue weighted by molar-refractivity contribution is -0.126. The second-order valence-electron chi connectivity index (χ2n) is 7.33. The van der Waals surface area contributed by atoms with Gasteiger partial charge in [-0.2, -0.15) is 0 Å². The lowest BCUT2D eigenvalue weighted by Crippen LogP contribution is -2.48. The Balaban J connectivity index is 2.10. The van der Waals surface area contributed by atoms with E-state index in [9.17, 15) is 19.8 Å². The highest BCUT2D eigenvalue weighted by Gasteiger charge is 2.41. The SMILES string of the molecule is CC(C)(C)OC(=O)N1C[C@H](O)C[C@H]1C(=O)N[C@@H](CO)c1ccc(Br)cc1. The molecule has 144 valence electrons. The molecular formula is C18H25BrN2O5. The van der Waals surface area contributed by atoms with Gasteiger partial charge in [0, 0.05) is 10.9 Å². The number of nitrogens with one attached hydrogen (secondary N) is 1. The Morgan fingerprint density at radius 2 is 1.96 bits per heavy atom. The zero-order chi connectivity index (χ0) is 19.5. The Morgan fingerprint density at radius 3 is 2.50 bits per heavy atom. The minimum atomic E-state index is -0.843. The average molecular weight is 429 g/mol. The van der Waals surface area contributed by atoms with Crippen molar-refractivity contribution in [3.63, 3.8) is 0 Å². The smallest absolute Gasteiger partial charge is 0.411 e. The van der Waals surface area contributed by atoms with Crippen molar-refractivity contribution in [2.75, 3.05) is 13.2 Å². The molecule has 0 radical (unpaired) electrons. The van der Waals surface area contributed by atoms with Gasteiger partial charge in [0.2, 0.25) is 5.91 Å². The van der Waals surface area contributed by atoms with Gasteiger partial charge in [-0.25, -0.2) is 4.79 Å². The Labute approximate surface area is 161 Å². The first-order valence-electron chi connectivity index (χ1n) is 8.45. The van der Waals surface area contributed by atoms with Crippen LogP contribution in [0.5, 0.6) is 0 Å². The Bertz CT molecular complexity index is 644. The summed E-state index contributed by atoms with van der Waals surface area (Å²) in [5.41, 5.74) is 0.0443. The van der Waals surface area contributed by atoms with E-state index in [2.05, 4.69) is 21.2 Å². The van der Waals surface area contributed by atoms with E-state index in [0.29, 0.717) is 0 Å². The maximum absolute atomic E-state index is 12.7. The fourth-order valence-corrected chi connectivity index (χ4v) is 3.05. The third-order valence-corrected chi connectivity index (χ3v) is 4.51. The number of amides is 2. The summed E-state index contributed by atoms with van der Waals surface area (Å²) in [4.78, 5) is 26.3. The van der Waals surface area contributed by atoms with Crippen molar-refractivity contribution in [3.8, 4) is 0 Å². The van der Waals surface area contributed by atoms with Crippen LogP contribution in [0.15, 0.2) is 28.7 Å². The van der Waals surface area contributed by atoms with E-state index in [1.54, 1.807) is 32.9 Å². The summed E-state index contributed by atoms with van der Waals surface area (Å²) in [5, 5.41) is 22.3. The molecule has 1 aromatic carbocycles. The van der Waals surface area contributed by atoms with E-state index >= 15 is 0 Å². The summed E-state index contributed by atoms with van der Waals surface area (Å²) in [6, 6.07) is 5.77. The summed E-state index contributed by atoms with van der Waals surface area (Å²) < 4.78 is 6.21. The Kier molecular flexibility index (Phi) is 6.65. The Morgan fingerprint density at radius 1 is 1.35 bits per heavy atom. The number of aliphatic hydroxyl groups excluding tert-OH is 2. The molecule has 1 fully saturated rings. The molecule has 26 heavy (non-hydrogen) atoms. The molecule has 1 heterocycles. The number of carbonyl (C=O) groups is 2. The summed E-state index contributed by atoms with van der Waals surface area (Å²) >= 11 is 3.34. The Hall–Kier alpha value is -1.64. The number of benzene rings is 1. The van der Waals surface area contributed by atoms with Crippen molar-refractivity contribution < 1.29 is 24.5 Å². The maximum Gasteiger partial charge on any atom is 0.411 e. The molecule has 1 aromatic rings. The van der Waals surface area contributed by atoms with Crippen LogP contribution in [0.1, 0.15) is 38.8 Å². The summed E-state index contributed by atoms with van der Waals surface area (Å²) in [5.74, 6) is -0.436. The van der Waals surface area contributed by atoms with Gasteiger partial charge in [-0.15, -0.1) is 0 Å². The zero-order valence-corrected chi connectivity index (χ0v) is 16.7. The predicted molar refractivity (Wildman–Crippen MR) is 99.5 cm³/mol. The molecule has 0 bridgehead atoms. The van der Waals surface area contributed by atoms with E-state index in [-0.39, 0.29) is 19.6 Å². The van der Waals surface area contributed by atoms with Gasteiger partial charge >= 0.3 is 6.09 Å². The number of rotatable bonds is 4. The molecule has 7 nitrogen and oxygen atoms in total. The molecule has 3 N–H and O–H groups in total. The highest BCUT2D eigenvalue weighted by molar-refractivity contribution is 9.10. The van der Waals surface area contributed by atoms with Crippen LogP contribution in [0.3, 0.4) is 0 Å². The topological polar surface area (TPSA) is 99.1 Å². The van der Waals surface area contributed by atoms with Crippen LogP contribution in [0.4, 0.5) is 4.79 Å². The molecule has 0 unspecified atom stereocenters. The minimum absolute atomic E-state index is 0.0368. The van der Waals surface area contributed by atoms with Gasteiger partial charge in [0.25, 0.3) is 0 Å². The van der Waals surface area contributed by atoms with Crippen LogP contribution in [0.25, 0.3) is 0 Å². The monoisotopic (exact) mass is 428 g/mol. The van der Waals surface area contributed by atoms with Crippen molar-refractivity contribution in [2.24, 2.45) is 0 Å². The van der Waals surface area contributed by atoms with E-state index in [4.69, 9.17) is 4.74 Å². The highest BCUT2D eigenvalue weighted by atomic mass is 79.9. The number of ether oxygens (including phenoxy) is 1. The van der Waals surface area contributed by atoms with E-state index in [0.717, 1.165) is 10.0 Å². The first kappa shape index (κ1) is 20.7. The van der Waals surface area contributed by atoms with Crippen LogP contribution < -0.4 is 5.32 Å². The second-order valence-corrected chi connectivity index (χ2v) is 8.25. The van der Waals surface area contributed by atoms with Gasteiger partial charge in [-0.3, -0.25) is 9.69 Å². The number of aliphatic hydroxyl groups is 2. The number of carbonyl (C=O) groups excluding carboxylic acids is 2. The van der Waals surface area contributed by atoms with Crippen molar-refractivity contribution >= 4 is 27.9 Å². The number of hydrogen-bond acceptors (Lipinski definition) is 5. The van der Waals surface area contributed by atoms with Crippen LogP contribution in [-0.2, 0) is 9.53 Å². The molecule has 0 spiro atoms. The van der Waals surface area contributed by atoms with E-state index in [1.807, 2.05) is 12.1 Å². The molecule has 2 rings (SSSR count). The third kappa shape index (κ3) is 5.43. The number of halogens is 1. The third-order valence-electron chi connectivity index (χ3n) is 3.98. The minimum Gasteiger partial charge on any atom is -0.444 e. The van der Waals surface area contributed by atoms with Crippen molar-refractivity contribution in [1.29, 1.82) is 0 Å². The van der Waals surface area contributed by atoms with Gasteiger partial charge < -0.3 is 20.3 Å². The lowest BCUT2D eigenvalue weighted by atomic mass is 10.1. The molecular weight excluding hydrogens is 404 g/mol. The van der Waals surface area contributed by atoms with Crippen molar-refractivity contribution in [1.82, 2.24) is 10.2 Å². The zero-order valence-electron chi connectivity index (χ0n) is 15.1. The summed E-state index contributed by atoms with van der Waals surface area (Å²) in [6.45, 7) is 4.97. The number of hydrogen-bond donors (Lipinski definition) is 3. The van der Waals surface area contributed by atoms with Gasteiger partial charge in [0.05, 0.1) is 25.3 Å². The van der Waals surface area contributed by atoms with Crippen molar-refractivity contribution in [2.45, 2.75) is 51.0 Å². The van der Waals surface area contributed by atoms with Gasteiger partial charge in [-0.1, -0.05) is 28.1 Å². The first-order chi connectivity index (χ1) is 12.1. The summed E-state index contributed by atoms with van der Waals surface area (Å²) in [6.07, 6.45) is -1.30. The fraction of sp³-hybridized carbons (Fsp3) is 0.556. The van der Waals surface area contributed by atoms with Gasteiger partial charge in [0.1, 0.15) is 11.6 Å². The molecule has 8 heteroatoms. The molecule has 1 aliphatic rings. The van der Waals surface area contributed by atoms with Crippen LogP contribution in [-0.4, -0.2) is 58.0 Å². The first-order valence-corrected chi connectivity index (χ1v) is 9.24. The van der Waals surface area contributed by atoms with Gasteiger partial charge in [0.15, 0.2) is 0 Å². The average Bonchev–Trinajstić information content (AvgIpc) is 2.94. The van der Waals surface area contributed by atoms with Crippen molar-refractivity contribution in [3.05, 3.63) is 34.3 Å². The quantitative estimate of drug-likeness (QED) is 0.680. The summed E-state index contributed by atoms with van der Waals surface area (Å²) in [7, 11) is 0. The number of likely N-dealkylation sites (tertiary alicyclic amines) is 1. The molecule has 2 amide bonds. The van der Waals surface area contributed by atoms with E-state index in [1.165, 1.54) is 4.90 Å². The normalized spacial score (nSPS) is 21.4. The predicted octanol–water partition coefficient (Wildman–Crippen LogP) is 1.97. The molecule has 3 atom stereocenters. The lowest BCUT2D eigenvalue weighted by Gasteiger charge is -2.28. The highest BCUT2D eigenvalue weighted by Crippen LogP contribution is 2.23. The molecule has 1 aliphatic heterocycles. The van der Waals surface area contributed by atoms with Crippen LogP contribution in [0, 0.1) is 0 Å². The van der Waals surface area contributed by atoms with Gasteiger partial charge in [-0.05, 0) is 38.5 Å². The standard InChI is InChI=1S/C18H25BrN2O5/c1-18(2,3)26-17(25)21-9-13(23)8-15(21)16(24)20-14(10-22)11-4-6-12(19)7-5-11/h4-7,13-15,22-23H,8-10H2,1-3H3,(H,20,24)/t13-,14+,15+/m1/s1. The molecule has 1 saturated heterocycles. The fourth-order valence-electron chi connectivity index (χ4n) is 2.78. The number of β-amino-alcohol motifs (C(OH)–C–C–N with tert-alkyl or cyclic N) is 1.